The van der Waals surface area contributed by atoms with Crippen molar-refractivity contribution in [3.05, 3.63) is 0 Å². The molecule has 2 fully saturated rings. The summed E-state index contributed by atoms with van der Waals surface area (Å²) in [6.07, 6.45) is 5.59. The van der Waals surface area contributed by atoms with Gasteiger partial charge in [-0.15, -0.1) is 0 Å². The van der Waals surface area contributed by atoms with E-state index < -0.39 is 0 Å². The highest BCUT2D eigenvalue weighted by molar-refractivity contribution is 14.1. The fourth-order valence-electron chi connectivity index (χ4n) is 1.62. The van der Waals surface area contributed by atoms with E-state index in [0.717, 1.165) is 12.8 Å². The number of amides is 1. The fraction of sp³-hybridized carbons (Fsp3) is 0.857. The zero-order valence-corrected chi connectivity index (χ0v) is 7.93. The van der Waals surface area contributed by atoms with Crippen LogP contribution in [0, 0.1) is 0 Å². The summed E-state index contributed by atoms with van der Waals surface area (Å²) >= 11 is 2.17. The van der Waals surface area contributed by atoms with E-state index in [4.69, 9.17) is 0 Å². The van der Waals surface area contributed by atoms with Crippen molar-refractivity contribution in [1.82, 2.24) is 3.11 Å². The second-order valence-electron chi connectivity index (χ2n) is 3.25. The Morgan fingerprint density at radius 3 is 2.60 bits per heavy atom. The molecule has 0 aromatic rings. The first-order valence-corrected chi connectivity index (χ1v) is 4.70. The number of carbonyl (C=O) groups excluding carboxylic acids is 1. The molecule has 56 valence electrons. The molecule has 1 saturated carbocycles. The molecular formula is C7H10INO. The molecule has 0 atom stereocenters. The fourth-order valence-corrected chi connectivity index (χ4v) is 2.58. The van der Waals surface area contributed by atoms with Crippen LogP contribution in [-0.4, -0.2) is 14.6 Å². The number of hydrogen-bond acceptors (Lipinski definition) is 1. The summed E-state index contributed by atoms with van der Waals surface area (Å²) in [5.74, 6) is 0.337. The molecule has 0 aromatic carbocycles. The number of halogens is 1. The first-order chi connectivity index (χ1) is 4.75. The average molecular weight is 251 g/mol. The minimum Gasteiger partial charge on any atom is -0.279 e. The molecule has 3 heteroatoms. The number of nitrogens with zero attached hydrogens (tertiary/aromatic N) is 1. The Morgan fingerprint density at radius 2 is 2.10 bits per heavy atom. The third kappa shape index (κ3) is 0.863. The monoisotopic (exact) mass is 251 g/mol. The lowest BCUT2D eigenvalue weighted by Gasteiger charge is -2.30. The summed E-state index contributed by atoms with van der Waals surface area (Å²) in [5.41, 5.74) is 0.329. The van der Waals surface area contributed by atoms with E-state index in [9.17, 15) is 4.79 Å². The molecule has 2 nitrogen and oxygen atoms in total. The molecule has 0 bridgehead atoms. The maximum absolute atomic E-state index is 11.2. The summed E-state index contributed by atoms with van der Waals surface area (Å²) in [7, 11) is 0. The van der Waals surface area contributed by atoms with Crippen LogP contribution < -0.4 is 0 Å². The lowest BCUT2D eigenvalue weighted by molar-refractivity contribution is -0.129. The molecule has 0 aromatic heterocycles. The van der Waals surface area contributed by atoms with Crippen molar-refractivity contribution in [2.24, 2.45) is 0 Å². The van der Waals surface area contributed by atoms with Crippen LogP contribution in [0.3, 0.4) is 0 Å². The molecule has 1 amide bonds. The highest BCUT2D eigenvalue weighted by Gasteiger charge is 2.50. The van der Waals surface area contributed by atoms with Crippen LogP contribution in [0.25, 0.3) is 0 Å². The summed E-state index contributed by atoms with van der Waals surface area (Å²) in [5, 5.41) is 0. The minimum atomic E-state index is 0.329. The second-order valence-corrected chi connectivity index (χ2v) is 4.22. The Labute approximate surface area is 74.5 Å². The standard InChI is InChI=1S/C7H10INO/c8-9-6(10)2-1-3-7(9)4-5-7/h1-5H2. The largest absolute Gasteiger partial charge is 0.279 e. The van der Waals surface area contributed by atoms with E-state index in [1.54, 1.807) is 0 Å². The van der Waals surface area contributed by atoms with Gasteiger partial charge in [0.1, 0.15) is 0 Å². The Balaban J connectivity index is 2.15. The van der Waals surface area contributed by atoms with Gasteiger partial charge in [0, 0.05) is 6.42 Å². The number of rotatable bonds is 0. The highest BCUT2D eigenvalue weighted by atomic mass is 127. The van der Waals surface area contributed by atoms with Crippen LogP contribution in [0.4, 0.5) is 0 Å². The molecule has 0 unspecified atom stereocenters. The predicted molar refractivity (Wildman–Crippen MR) is 46.7 cm³/mol. The smallest absolute Gasteiger partial charge is 0.231 e. The molecule has 1 spiro atoms. The Kier molecular flexibility index (Phi) is 1.44. The van der Waals surface area contributed by atoms with Gasteiger partial charge in [0.25, 0.3) is 0 Å². The van der Waals surface area contributed by atoms with E-state index in [1.807, 2.05) is 3.11 Å². The molecule has 1 saturated heterocycles. The number of piperidine rings is 1. The molecule has 0 N–H and O–H groups in total. The van der Waals surface area contributed by atoms with Crippen LogP contribution in [0.15, 0.2) is 0 Å². The van der Waals surface area contributed by atoms with Gasteiger partial charge in [-0.2, -0.15) is 0 Å². The zero-order valence-electron chi connectivity index (χ0n) is 5.77. The third-order valence-electron chi connectivity index (χ3n) is 2.50. The number of carbonyl (C=O) groups is 1. The highest BCUT2D eigenvalue weighted by Crippen LogP contribution is 2.50. The van der Waals surface area contributed by atoms with Gasteiger partial charge in [-0.05, 0) is 25.7 Å². The van der Waals surface area contributed by atoms with Crippen LogP contribution in [-0.2, 0) is 4.79 Å². The van der Waals surface area contributed by atoms with Crippen LogP contribution >= 0.6 is 22.9 Å². The van der Waals surface area contributed by atoms with Crippen molar-refractivity contribution in [2.45, 2.75) is 37.6 Å². The Hall–Kier alpha value is 0.200. The lowest BCUT2D eigenvalue weighted by atomic mass is 10.0. The van der Waals surface area contributed by atoms with Crippen LogP contribution in [0.2, 0.25) is 0 Å². The molecule has 1 heterocycles. The van der Waals surface area contributed by atoms with Gasteiger partial charge in [0.05, 0.1) is 28.4 Å². The summed E-state index contributed by atoms with van der Waals surface area (Å²) in [6.45, 7) is 0. The van der Waals surface area contributed by atoms with Gasteiger partial charge >= 0.3 is 0 Å². The number of hydrogen-bond donors (Lipinski definition) is 0. The maximum atomic E-state index is 11.2. The first kappa shape index (κ1) is 6.88. The molecular weight excluding hydrogens is 241 g/mol. The SMILES string of the molecule is O=C1CCCC2(CC2)N1I. The van der Waals surface area contributed by atoms with E-state index in [-0.39, 0.29) is 0 Å². The van der Waals surface area contributed by atoms with Crippen molar-refractivity contribution in [3.63, 3.8) is 0 Å². The predicted octanol–water partition coefficient (Wildman–Crippen LogP) is 1.88. The minimum absolute atomic E-state index is 0.329. The van der Waals surface area contributed by atoms with Crippen molar-refractivity contribution in [2.75, 3.05) is 0 Å². The Bertz CT molecular complexity index is 176. The quantitative estimate of drug-likeness (QED) is 0.475. The topological polar surface area (TPSA) is 20.3 Å². The van der Waals surface area contributed by atoms with E-state index in [1.165, 1.54) is 19.3 Å². The van der Waals surface area contributed by atoms with Crippen molar-refractivity contribution < 1.29 is 4.79 Å². The third-order valence-corrected chi connectivity index (χ3v) is 4.06. The van der Waals surface area contributed by atoms with Crippen molar-refractivity contribution >= 4 is 28.8 Å². The normalized spacial score (nSPS) is 29.3. The summed E-state index contributed by atoms with van der Waals surface area (Å²) in [6, 6.07) is 0. The van der Waals surface area contributed by atoms with Crippen LogP contribution in [0.1, 0.15) is 32.1 Å². The van der Waals surface area contributed by atoms with Gasteiger partial charge in [0.15, 0.2) is 0 Å². The molecule has 0 radical (unpaired) electrons. The maximum Gasteiger partial charge on any atom is 0.231 e. The van der Waals surface area contributed by atoms with Crippen LogP contribution in [0.5, 0.6) is 0 Å². The van der Waals surface area contributed by atoms with Gasteiger partial charge in [-0.1, -0.05) is 0 Å². The molecule has 1 aliphatic heterocycles. The first-order valence-electron chi connectivity index (χ1n) is 3.73. The lowest BCUT2D eigenvalue weighted by Crippen LogP contribution is -2.37. The molecule has 2 aliphatic rings. The van der Waals surface area contributed by atoms with Gasteiger partial charge in [-0.25, -0.2) is 0 Å². The van der Waals surface area contributed by atoms with Crippen molar-refractivity contribution in [3.8, 4) is 0 Å². The van der Waals surface area contributed by atoms with E-state index in [0.29, 0.717) is 11.4 Å². The Morgan fingerprint density at radius 1 is 1.40 bits per heavy atom. The molecule has 10 heavy (non-hydrogen) atoms. The van der Waals surface area contributed by atoms with Gasteiger partial charge in [0.2, 0.25) is 5.91 Å². The summed E-state index contributed by atoms with van der Waals surface area (Å²) in [4.78, 5) is 11.2. The van der Waals surface area contributed by atoms with E-state index >= 15 is 0 Å². The molecule has 2 rings (SSSR count). The average Bonchev–Trinajstić information content (AvgIpc) is 2.65. The molecule has 1 aliphatic carbocycles. The van der Waals surface area contributed by atoms with Gasteiger partial charge in [-0.3, -0.25) is 7.91 Å². The van der Waals surface area contributed by atoms with E-state index in [2.05, 4.69) is 22.9 Å². The zero-order chi connectivity index (χ0) is 7.19. The second kappa shape index (κ2) is 2.09. The van der Waals surface area contributed by atoms with Gasteiger partial charge < -0.3 is 0 Å². The van der Waals surface area contributed by atoms with Crippen molar-refractivity contribution in [1.29, 1.82) is 0 Å². The summed E-state index contributed by atoms with van der Waals surface area (Å²) < 4.78 is 1.94.